The Morgan fingerprint density at radius 3 is 2.12 bits per heavy atom. The molecule has 0 amide bonds. The van der Waals surface area contributed by atoms with Crippen molar-refractivity contribution in [2.75, 3.05) is 6.44 Å². The van der Waals surface area contributed by atoms with Crippen molar-refractivity contribution < 1.29 is 0 Å². The van der Waals surface area contributed by atoms with E-state index in [1.54, 1.807) is 0 Å². The van der Waals surface area contributed by atoms with Gasteiger partial charge in [0.25, 0.3) is 0 Å². The van der Waals surface area contributed by atoms with E-state index < -0.39 is 0 Å². The second-order valence-electron chi connectivity index (χ2n) is 12.8. The molecule has 0 aromatic heterocycles. The zero-order valence-corrected chi connectivity index (χ0v) is 25.2. The van der Waals surface area contributed by atoms with Crippen molar-refractivity contribution in [2.45, 2.75) is 118 Å². The van der Waals surface area contributed by atoms with Gasteiger partial charge in [0.1, 0.15) is 7.85 Å². The zero-order chi connectivity index (χ0) is 25.8. The Morgan fingerprint density at radius 1 is 1.18 bits per heavy atom. The molecule has 0 aromatic rings. The fraction of sp³-hybridized carbons (Fsp3) is 0.793. The smallest absolute Gasteiger partial charge is 0.119 e. The van der Waals surface area contributed by atoms with Gasteiger partial charge in [0.2, 0.25) is 0 Å². The third-order valence-electron chi connectivity index (χ3n) is 8.12. The van der Waals surface area contributed by atoms with E-state index in [1.807, 2.05) is 0 Å². The maximum absolute atomic E-state index is 4.62. The third-order valence-corrected chi connectivity index (χ3v) is 8.65. The summed E-state index contributed by atoms with van der Waals surface area (Å²) in [5, 5.41) is 3.62. The van der Waals surface area contributed by atoms with Crippen LogP contribution in [-0.4, -0.2) is 35.9 Å². The lowest BCUT2D eigenvalue weighted by Gasteiger charge is -2.54. The van der Waals surface area contributed by atoms with Crippen LogP contribution in [0.3, 0.4) is 0 Å². The molecule has 0 spiro atoms. The summed E-state index contributed by atoms with van der Waals surface area (Å²) in [6, 6.07) is 0.655. The molecule has 2 nitrogen and oxygen atoms in total. The molecule has 190 valence electrons. The van der Waals surface area contributed by atoms with Crippen molar-refractivity contribution in [3.63, 3.8) is 0 Å². The summed E-state index contributed by atoms with van der Waals surface area (Å²) in [7, 11) is 5.52. The Labute approximate surface area is 211 Å². The molecule has 0 aliphatic carbocycles. The van der Waals surface area contributed by atoms with E-state index in [4.69, 9.17) is 0 Å². The zero-order valence-electron chi connectivity index (χ0n) is 24.1. The first-order valence-corrected chi connectivity index (χ1v) is 13.9. The fourth-order valence-corrected chi connectivity index (χ4v) is 8.27. The van der Waals surface area contributed by atoms with Crippen LogP contribution in [0.1, 0.15) is 101 Å². The van der Waals surface area contributed by atoms with Crippen LogP contribution < -0.4 is 5.32 Å². The van der Waals surface area contributed by atoms with Gasteiger partial charge < -0.3 is 10.2 Å². The Kier molecular flexibility index (Phi) is 10.6. The average molecular weight is 475 g/mol. The minimum absolute atomic E-state index is 0.0360. The van der Waals surface area contributed by atoms with Gasteiger partial charge in [-0.3, -0.25) is 0 Å². The van der Waals surface area contributed by atoms with Gasteiger partial charge in [-0.05, 0) is 63.2 Å². The summed E-state index contributed by atoms with van der Waals surface area (Å²) in [6.07, 6.45) is 11.8. The highest BCUT2D eigenvalue weighted by Gasteiger charge is 2.52. The average Bonchev–Trinajstić information content (AvgIpc) is 2.73. The first kappa shape index (κ1) is 30.5. The van der Waals surface area contributed by atoms with E-state index in [0.717, 1.165) is 18.6 Å². The van der Waals surface area contributed by atoms with Crippen LogP contribution in [0, 0.1) is 22.7 Å². The van der Waals surface area contributed by atoms with Crippen molar-refractivity contribution in [1.29, 1.82) is 0 Å². The van der Waals surface area contributed by atoms with Gasteiger partial charge in [-0.25, -0.2) is 0 Å². The first-order valence-electron chi connectivity index (χ1n) is 13.3. The fourth-order valence-electron chi connectivity index (χ4n) is 7.39. The summed E-state index contributed by atoms with van der Waals surface area (Å²) in [4.78, 5) is 2.80. The Hall–Kier alpha value is -0.525. The summed E-state index contributed by atoms with van der Waals surface area (Å²) >= 11 is 0. The molecule has 1 heterocycles. The summed E-state index contributed by atoms with van der Waals surface area (Å²) < 4.78 is 0. The van der Waals surface area contributed by atoms with Gasteiger partial charge in [-0.2, -0.15) is 0 Å². The number of nitrogens with zero attached hydrogens (tertiary/aromatic N) is 1. The predicted octanol–water partition coefficient (Wildman–Crippen LogP) is 7.14. The van der Waals surface area contributed by atoms with Crippen LogP contribution in [0.5, 0.6) is 0 Å². The number of hydrogen-bond acceptors (Lipinski definition) is 2. The molecule has 1 aliphatic heterocycles. The monoisotopic (exact) mass is 474 g/mol. The highest BCUT2D eigenvalue weighted by molar-refractivity contribution is 7.19. The molecule has 1 aliphatic rings. The summed E-state index contributed by atoms with van der Waals surface area (Å²) in [5.41, 5.74) is 2.46. The van der Waals surface area contributed by atoms with Gasteiger partial charge in [0.15, 0.2) is 0 Å². The molecule has 1 rings (SSSR count). The molecule has 4 atom stereocenters. The molecule has 1 N–H and O–H groups in total. The van der Waals surface area contributed by atoms with Crippen LogP contribution >= 0.6 is 9.24 Å². The van der Waals surface area contributed by atoms with Crippen LogP contribution in [0.15, 0.2) is 36.7 Å². The topological polar surface area (TPSA) is 15.3 Å². The first-order chi connectivity index (χ1) is 15.0. The van der Waals surface area contributed by atoms with Crippen molar-refractivity contribution in [2.24, 2.45) is 22.7 Å². The maximum Gasteiger partial charge on any atom is 0.119 e. The van der Waals surface area contributed by atoms with Gasteiger partial charge >= 0.3 is 0 Å². The molecular weight excluding hydrogens is 418 g/mol. The molecule has 0 saturated heterocycles. The molecule has 0 bridgehead atoms. The van der Waals surface area contributed by atoms with E-state index in [-0.39, 0.29) is 21.5 Å². The number of hydrogen-bond donors (Lipinski definition) is 1. The van der Waals surface area contributed by atoms with E-state index in [1.165, 1.54) is 31.4 Å². The van der Waals surface area contributed by atoms with E-state index in [2.05, 4.69) is 122 Å². The highest BCUT2D eigenvalue weighted by atomic mass is 31.0. The van der Waals surface area contributed by atoms with E-state index in [9.17, 15) is 0 Å². The third kappa shape index (κ3) is 7.24. The molecule has 0 radical (unpaired) electrons. The number of rotatable bonds is 12. The molecule has 4 unspecified atom stereocenters. The molecule has 0 saturated carbocycles. The van der Waals surface area contributed by atoms with Gasteiger partial charge in [-0.15, -0.1) is 15.8 Å². The number of allylic oxidation sites excluding steroid dienone is 4. The quantitative estimate of drug-likeness (QED) is 0.184. The minimum Gasteiger partial charge on any atom is -0.363 e. The van der Waals surface area contributed by atoms with Crippen LogP contribution in [0.4, 0.5) is 0 Å². The number of nitrogens with one attached hydrogen (secondary N) is 1. The van der Waals surface area contributed by atoms with Crippen molar-refractivity contribution in [3.05, 3.63) is 36.7 Å². The summed E-state index contributed by atoms with van der Waals surface area (Å²) in [6.45, 7) is 32.6. The molecule has 33 heavy (non-hydrogen) atoms. The van der Waals surface area contributed by atoms with Crippen LogP contribution in [0.25, 0.3) is 0 Å². The van der Waals surface area contributed by atoms with Crippen LogP contribution in [-0.2, 0) is 0 Å². The second-order valence-corrected chi connectivity index (χ2v) is 14.1. The summed E-state index contributed by atoms with van der Waals surface area (Å²) in [5.74, 6) is 0.656. The lowest BCUT2D eigenvalue weighted by molar-refractivity contribution is 0.00328. The maximum atomic E-state index is 4.62. The van der Waals surface area contributed by atoms with Gasteiger partial charge in [-0.1, -0.05) is 80.0 Å². The molecule has 0 fully saturated rings. The largest absolute Gasteiger partial charge is 0.363 e. The predicted molar refractivity (Wildman–Crippen MR) is 156 cm³/mol. The Bertz CT molecular complexity index is 698. The van der Waals surface area contributed by atoms with E-state index in [0.29, 0.717) is 17.9 Å². The lowest BCUT2D eigenvalue weighted by Crippen LogP contribution is -2.55. The minimum atomic E-state index is -0.0578. The van der Waals surface area contributed by atoms with E-state index >= 15 is 0 Å². The van der Waals surface area contributed by atoms with Crippen molar-refractivity contribution >= 4 is 17.1 Å². The Morgan fingerprint density at radius 2 is 1.70 bits per heavy atom. The van der Waals surface area contributed by atoms with Gasteiger partial charge in [0, 0.05) is 34.0 Å². The second kappa shape index (κ2) is 11.5. The van der Waals surface area contributed by atoms with Crippen LogP contribution in [0.2, 0.25) is 0 Å². The Balaban J connectivity index is 3.52. The standard InChI is InChI=1S/C29H56BN2P/c1-13-16-23(17-14-2)32(20-30)28(10,11)19-27(8,9)24-22(5)31-21(4)18-29(12,33)25(24)26(6,7)15-3/h15,18,23-25,31H,3,5,13-14,16-17,19-20,30,33H2,1-2,4,6-12H3. The SMILES string of the molecule is BCN(C(CCC)CCC)C(C)(C)CC(C)(C)C1C(=C)NC(C)=CC(C)(P)C1C(C)(C)C=C. The lowest BCUT2D eigenvalue weighted by atomic mass is 9.56. The van der Waals surface area contributed by atoms with Crippen molar-refractivity contribution in [1.82, 2.24) is 10.2 Å². The normalized spacial score (nSPS) is 25.1. The molecule has 0 aromatic carbocycles. The van der Waals surface area contributed by atoms with Gasteiger partial charge in [0.05, 0.1) is 0 Å². The van der Waals surface area contributed by atoms with Crippen molar-refractivity contribution in [3.8, 4) is 0 Å². The molecule has 4 heteroatoms. The molecular formula is C29H56BN2P. The highest BCUT2D eigenvalue weighted by Crippen LogP contribution is 2.56.